The quantitative estimate of drug-likeness (QED) is 0.345. The Hall–Kier alpha value is -3.71. The van der Waals surface area contributed by atoms with E-state index in [0.717, 1.165) is 4.90 Å². The molecule has 1 aromatic carbocycles. The van der Waals surface area contributed by atoms with Crippen molar-refractivity contribution in [1.29, 1.82) is 0 Å². The number of pyridine rings is 1. The number of nitrogens with zero attached hydrogens (tertiary/aromatic N) is 3. The van der Waals surface area contributed by atoms with Crippen LogP contribution in [-0.2, 0) is 28.4 Å². The maximum atomic E-state index is 13.5. The molecule has 0 fully saturated rings. The summed E-state index contributed by atoms with van der Waals surface area (Å²) >= 11 is 0. The molecule has 0 radical (unpaired) electrons. The fourth-order valence-electron chi connectivity index (χ4n) is 4.42. The summed E-state index contributed by atoms with van der Waals surface area (Å²) < 4.78 is 96.7. The Kier molecular flexibility index (Phi) is 9.10. The van der Waals surface area contributed by atoms with Gasteiger partial charge in [0.1, 0.15) is 0 Å². The number of carbonyl (C=O) groups is 2. The van der Waals surface area contributed by atoms with Gasteiger partial charge in [-0.2, -0.15) is 26.3 Å². The lowest BCUT2D eigenvalue weighted by atomic mass is 9.94. The first-order valence-corrected chi connectivity index (χ1v) is 12.3. The third kappa shape index (κ3) is 6.89. The molecule has 0 bridgehead atoms. The zero-order valence-electron chi connectivity index (χ0n) is 22.4. The highest BCUT2D eigenvalue weighted by molar-refractivity contribution is 5.90. The van der Waals surface area contributed by atoms with Crippen LogP contribution in [0.5, 0.6) is 5.88 Å². The van der Waals surface area contributed by atoms with Gasteiger partial charge in [0.25, 0.3) is 0 Å². The van der Waals surface area contributed by atoms with E-state index in [9.17, 15) is 35.9 Å². The van der Waals surface area contributed by atoms with E-state index in [1.54, 1.807) is 20.8 Å². The van der Waals surface area contributed by atoms with Gasteiger partial charge in [0.05, 0.1) is 48.4 Å². The number of anilines is 1. The Labute approximate surface area is 226 Å². The van der Waals surface area contributed by atoms with Gasteiger partial charge < -0.3 is 14.2 Å². The Balaban J connectivity index is 2.16. The van der Waals surface area contributed by atoms with Crippen molar-refractivity contribution in [2.75, 3.05) is 18.6 Å². The highest BCUT2D eigenvalue weighted by Gasteiger charge is 2.42. The van der Waals surface area contributed by atoms with Gasteiger partial charge in [0, 0.05) is 18.7 Å². The fraction of sp³-hybridized carbons (Fsp3) is 0.500. The first kappa shape index (κ1) is 30.8. The summed E-state index contributed by atoms with van der Waals surface area (Å²) in [6, 6.07) is 2.50. The van der Waals surface area contributed by atoms with E-state index in [1.807, 2.05) is 0 Å². The van der Waals surface area contributed by atoms with Gasteiger partial charge in [-0.1, -0.05) is 0 Å². The van der Waals surface area contributed by atoms with E-state index in [2.05, 4.69) is 4.98 Å². The van der Waals surface area contributed by atoms with Crippen LogP contribution in [0.15, 0.2) is 30.3 Å². The minimum Gasteiger partial charge on any atom is -0.481 e. The number of halogens is 6. The summed E-state index contributed by atoms with van der Waals surface area (Å²) in [5.41, 5.74) is -3.07. The van der Waals surface area contributed by atoms with Crippen molar-refractivity contribution in [1.82, 2.24) is 9.88 Å². The molecule has 3 rings (SSSR count). The van der Waals surface area contributed by atoms with Crippen LogP contribution in [0.3, 0.4) is 0 Å². The van der Waals surface area contributed by atoms with E-state index in [-0.39, 0.29) is 36.4 Å². The van der Waals surface area contributed by atoms with E-state index in [4.69, 9.17) is 14.2 Å². The predicted molar refractivity (Wildman–Crippen MR) is 131 cm³/mol. The summed E-state index contributed by atoms with van der Waals surface area (Å²) in [5.74, 6) is 0.109. The van der Waals surface area contributed by atoms with Crippen molar-refractivity contribution >= 4 is 17.9 Å². The Bertz CT molecular complexity index is 1200. The summed E-state index contributed by atoms with van der Waals surface area (Å²) in [6.45, 7) is 5.71. The van der Waals surface area contributed by atoms with Crippen LogP contribution < -0.4 is 9.64 Å². The molecular weight excluding hydrogens is 548 g/mol. The molecule has 0 saturated heterocycles. The van der Waals surface area contributed by atoms with Gasteiger partial charge in [-0.05, 0) is 63.9 Å². The predicted octanol–water partition coefficient (Wildman–Crippen LogP) is 6.97. The molecule has 1 aliphatic heterocycles. The standard InChI is InChI=1S/C26H29F6N3O5/c1-6-39-23(36)34(13-16-10-17(25(27,28)29)12-18(11-16)26(30,31)32)20-9-15(4)35(24(37)40-14(2)3)19-7-8-21(38-5)33-22(19)20/h7-8,10-12,14-15,20H,6,9,13H2,1-5H3/t15-,20+/m1/s1. The number of fused-ring (bicyclic) bond motifs is 1. The maximum absolute atomic E-state index is 13.5. The zero-order valence-corrected chi connectivity index (χ0v) is 22.4. The van der Waals surface area contributed by atoms with Crippen LogP contribution in [-0.4, -0.2) is 47.9 Å². The number of rotatable bonds is 6. The second-order valence-corrected chi connectivity index (χ2v) is 9.40. The lowest BCUT2D eigenvalue weighted by Crippen LogP contribution is -2.48. The van der Waals surface area contributed by atoms with Crippen molar-refractivity contribution in [2.45, 2.75) is 71.2 Å². The van der Waals surface area contributed by atoms with Crippen LogP contribution in [0.1, 0.15) is 62.5 Å². The van der Waals surface area contributed by atoms with E-state index >= 15 is 0 Å². The topological polar surface area (TPSA) is 81.2 Å². The Morgan fingerprint density at radius 3 is 2.17 bits per heavy atom. The maximum Gasteiger partial charge on any atom is 0.416 e. The second-order valence-electron chi connectivity index (χ2n) is 9.40. The lowest BCUT2D eigenvalue weighted by Gasteiger charge is -2.42. The SMILES string of the molecule is CCOC(=O)N(Cc1cc(C(F)(F)F)cc(C(F)(F)F)c1)[C@H]1C[C@@H](C)N(C(=O)OC(C)C)c2ccc(OC)nc21. The number of amides is 2. The molecule has 1 aromatic heterocycles. The molecule has 0 spiro atoms. The van der Waals surface area contributed by atoms with Crippen LogP contribution in [0.4, 0.5) is 41.6 Å². The van der Waals surface area contributed by atoms with Gasteiger partial charge >= 0.3 is 24.5 Å². The largest absolute Gasteiger partial charge is 0.481 e. The number of aromatic nitrogens is 1. The van der Waals surface area contributed by atoms with Crippen molar-refractivity contribution in [3.05, 3.63) is 52.7 Å². The smallest absolute Gasteiger partial charge is 0.416 e. The molecular formula is C26H29F6N3O5. The lowest BCUT2D eigenvalue weighted by molar-refractivity contribution is -0.143. The number of alkyl halides is 6. The van der Waals surface area contributed by atoms with Crippen molar-refractivity contribution < 1.29 is 50.1 Å². The minimum atomic E-state index is -5.07. The van der Waals surface area contributed by atoms with Crippen LogP contribution >= 0.6 is 0 Å². The van der Waals surface area contributed by atoms with E-state index in [0.29, 0.717) is 12.1 Å². The van der Waals surface area contributed by atoms with E-state index < -0.39 is 66.0 Å². The van der Waals surface area contributed by atoms with E-state index in [1.165, 1.54) is 31.1 Å². The second kappa shape index (κ2) is 11.8. The molecule has 0 N–H and O–H groups in total. The van der Waals surface area contributed by atoms with Crippen LogP contribution in [0.25, 0.3) is 0 Å². The average molecular weight is 578 g/mol. The molecule has 8 nitrogen and oxygen atoms in total. The molecule has 14 heteroatoms. The number of hydrogen-bond acceptors (Lipinski definition) is 6. The molecule has 0 unspecified atom stereocenters. The molecule has 2 amide bonds. The van der Waals surface area contributed by atoms with Gasteiger partial charge in [-0.3, -0.25) is 9.80 Å². The Morgan fingerprint density at radius 1 is 1.07 bits per heavy atom. The number of ether oxygens (including phenoxy) is 3. The summed E-state index contributed by atoms with van der Waals surface area (Å²) in [7, 11) is 1.34. The van der Waals surface area contributed by atoms with Crippen molar-refractivity contribution in [3.8, 4) is 5.88 Å². The molecule has 0 aliphatic carbocycles. The molecule has 2 heterocycles. The van der Waals surface area contributed by atoms with Gasteiger partial charge in [-0.15, -0.1) is 0 Å². The molecule has 0 saturated carbocycles. The molecule has 2 atom stereocenters. The molecule has 220 valence electrons. The first-order chi connectivity index (χ1) is 18.6. The number of carbonyl (C=O) groups excluding carboxylic acids is 2. The Morgan fingerprint density at radius 2 is 1.68 bits per heavy atom. The molecule has 2 aromatic rings. The third-order valence-corrected chi connectivity index (χ3v) is 6.08. The number of methoxy groups -OCH3 is 1. The third-order valence-electron chi connectivity index (χ3n) is 6.08. The monoisotopic (exact) mass is 577 g/mol. The normalized spacial score (nSPS) is 17.4. The zero-order chi connectivity index (χ0) is 30.0. The number of benzene rings is 1. The molecule has 40 heavy (non-hydrogen) atoms. The summed E-state index contributed by atoms with van der Waals surface area (Å²) in [5, 5.41) is 0. The number of hydrogen-bond donors (Lipinski definition) is 0. The fourth-order valence-corrected chi connectivity index (χ4v) is 4.42. The summed E-state index contributed by atoms with van der Waals surface area (Å²) in [4.78, 5) is 32.8. The van der Waals surface area contributed by atoms with Gasteiger partial charge in [0.2, 0.25) is 5.88 Å². The summed E-state index contributed by atoms with van der Waals surface area (Å²) in [6.07, 6.45) is -12.2. The minimum absolute atomic E-state index is 0.0147. The van der Waals surface area contributed by atoms with Gasteiger partial charge in [-0.25, -0.2) is 14.6 Å². The van der Waals surface area contributed by atoms with Crippen LogP contribution in [0, 0.1) is 0 Å². The highest BCUT2D eigenvalue weighted by atomic mass is 19.4. The first-order valence-electron chi connectivity index (χ1n) is 12.3. The average Bonchev–Trinajstić information content (AvgIpc) is 2.85. The van der Waals surface area contributed by atoms with Crippen molar-refractivity contribution in [2.24, 2.45) is 0 Å². The van der Waals surface area contributed by atoms with Gasteiger partial charge in [0.15, 0.2) is 0 Å². The van der Waals surface area contributed by atoms with Crippen LogP contribution in [0.2, 0.25) is 0 Å². The van der Waals surface area contributed by atoms with Crippen molar-refractivity contribution in [3.63, 3.8) is 0 Å². The highest BCUT2D eigenvalue weighted by Crippen LogP contribution is 2.42. The molecule has 1 aliphatic rings.